The molecule has 0 fully saturated rings. The molecule has 0 saturated carbocycles. The molecule has 29 heavy (non-hydrogen) atoms. The van der Waals surface area contributed by atoms with Gasteiger partial charge < -0.3 is 19.9 Å². The maximum atomic E-state index is 11.9. The molecule has 1 aliphatic rings. The third-order valence-corrected chi connectivity index (χ3v) is 5.05. The van der Waals surface area contributed by atoms with E-state index in [1.165, 1.54) is 11.1 Å². The van der Waals surface area contributed by atoms with Gasteiger partial charge in [0.05, 0.1) is 6.61 Å². The van der Waals surface area contributed by atoms with Crippen LogP contribution in [0.25, 0.3) is 0 Å². The Hall–Kier alpha value is -2.03. The van der Waals surface area contributed by atoms with Gasteiger partial charge in [-0.1, -0.05) is 18.2 Å². The van der Waals surface area contributed by atoms with Crippen molar-refractivity contribution in [3.8, 4) is 5.75 Å². The second kappa shape index (κ2) is 11.8. The number of aliphatic imine (C=N–C) groups is 1. The Kier molecular flexibility index (Phi) is 9.50. The highest BCUT2D eigenvalue weighted by atomic mass is 127. The molecule has 1 aliphatic heterocycles. The van der Waals surface area contributed by atoms with E-state index >= 15 is 0 Å². The number of unbranched alkanes of at least 4 members (excludes halogenated alkanes) is 1. The number of nitrogens with zero attached hydrogens (tertiary/aromatic N) is 2. The van der Waals surface area contributed by atoms with Gasteiger partial charge in [0.2, 0.25) is 0 Å². The fourth-order valence-electron chi connectivity index (χ4n) is 3.45. The van der Waals surface area contributed by atoms with E-state index in [2.05, 4.69) is 33.8 Å². The molecule has 1 aromatic heterocycles. The number of aromatic nitrogens is 1. The van der Waals surface area contributed by atoms with E-state index in [-0.39, 0.29) is 29.5 Å². The minimum Gasteiger partial charge on any atom is -0.493 e. The van der Waals surface area contributed by atoms with Gasteiger partial charge in [0.1, 0.15) is 5.75 Å². The molecule has 1 aromatic carbocycles. The number of hydrogen-bond donors (Lipinski definition) is 2. The number of hydrogen-bond acceptors (Lipinski definition) is 3. The topological polar surface area (TPSA) is 67.7 Å². The predicted molar refractivity (Wildman–Crippen MR) is 129 cm³/mol. The van der Waals surface area contributed by atoms with Crippen LogP contribution < -0.4 is 20.9 Å². The summed E-state index contributed by atoms with van der Waals surface area (Å²) in [4.78, 5) is 16.1. The minimum atomic E-state index is 0. The van der Waals surface area contributed by atoms with Gasteiger partial charge >= 0.3 is 0 Å². The molecule has 0 bridgehead atoms. The zero-order valence-electron chi connectivity index (χ0n) is 17.2. The van der Waals surface area contributed by atoms with Crippen molar-refractivity contribution in [2.45, 2.75) is 39.2 Å². The second-order valence-corrected chi connectivity index (χ2v) is 7.08. The maximum absolute atomic E-state index is 11.9. The summed E-state index contributed by atoms with van der Waals surface area (Å²) in [6.45, 7) is 5.18. The first-order chi connectivity index (χ1) is 13.7. The zero-order valence-corrected chi connectivity index (χ0v) is 19.6. The minimum absolute atomic E-state index is 0. The van der Waals surface area contributed by atoms with Crippen molar-refractivity contribution in [3.05, 3.63) is 63.6 Å². The fraction of sp³-hybridized carbons (Fsp3) is 0.455. The highest BCUT2D eigenvalue weighted by Crippen LogP contribution is 2.25. The Morgan fingerprint density at radius 1 is 1.17 bits per heavy atom. The Balaban J connectivity index is 0.00000300. The van der Waals surface area contributed by atoms with E-state index < -0.39 is 0 Å². The molecule has 0 atom stereocenters. The normalized spacial score (nSPS) is 12.7. The van der Waals surface area contributed by atoms with Crippen LogP contribution in [-0.4, -0.2) is 37.3 Å². The van der Waals surface area contributed by atoms with Crippen LogP contribution in [0.2, 0.25) is 0 Å². The lowest BCUT2D eigenvalue weighted by molar-refractivity contribution is 0.357. The van der Waals surface area contributed by atoms with Gasteiger partial charge in [0.15, 0.2) is 5.96 Å². The molecule has 0 radical (unpaired) electrons. The smallest absolute Gasteiger partial charge is 0.250 e. The standard InChI is InChI=1S/C22H30N4O2.HI/c1-17-6-5-7-21(27)26(17)14-4-3-12-24-22(23-2)25-13-10-18-8-9-20-19(16-18)11-15-28-20;/h5-9,16H,3-4,10-15H2,1-2H3,(H2,23,24,25);1H. The number of aryl methyl sites for hydroxylation is 1. The number of rotatable bonds is 8. The van der Waals surface area contributed by atoms with Crippen molar-refractivity contribution in [1.29, 1.82) is 0 Å². The van der Waals surface area contributed by atoms with Crippen molar-refractivity contribution < 1.29 is 4.74 Å². The van der Waals surface area contributed by atoms with Gasteiger partial charge in [-0.2, -0.15) is 0 Å². The monoisotopic (exact) mass is 510 g/mol. The molecule has 0 unspecified atom stereocenters. The van der Waals surface area contributed by atoms with Gasteiger partial charge in [-0.25, -0.2) is 0 Å². The van der Waals surface area contributed by atoms with Crippen molar-refractivity contribution in [1.82, 2.24) is 15.2 Å². The molecule has 2 aromatic rings. The molecule has 0 aliphatic carbocycles. The molecule has 6 nitrogen and oxygen atoms in total. The average molecular weight is 510 g/mol. The number of pyridine rings is 1. The van der Waals surface area contributed by atoms with Crippen LogP contribution >= 0.6 is 24.0 Å². The number of fused-ring (bicyclic) bond motifs is 1. The molecular weight excluding hydrogens is 479 g/mol. The lowest BCUT2D eigenvalue weighted by atomic mass is 10.1. The highest BCUT2D eigenvalue weighted by molar-refractivity contribution is 14.0. The SMILES string of the molecule is CN=C(NCCCCn1c(C)cccc1=O)NCCc1ccc2c(c1)CCO2.I. The number of halogens is 1. The molecule has 7 heteroatoms. The van der Waals surface area contributed by atoms with Gasteiger partial charge in [-0.15, -0.1) is 24.0 Å². The van der Waals surface area contributed by atoms with Gasteiger partial charge in [-0.3, -0.25) is 9.79 Å². The quantitative estimate of drug-likeness (QED) is 0.248. The van der Waals surface area contributed by atoms with E-state index in [9.17, 15) is 4.79 Å². The number of benzene rings is 1. The molecule has 0 spiro atoms. The Labute approximate surface area is 189 Å². The molecule has 158 valence electrons. The Morgan fingerprint density at radius 2 is 2.00 bits per heavy atom. The van der Waals surface area contributed by atoms with Crippen molar-refractivity contribution >= 4 is 29.9 Å². The molecule has 2 N–H and O–H groups in total. The Bertz CT molecular complexity index is 879. The fourth-order valence-corrected chi connectivity index (χ4v) is 3.45. The summed E-state index contributed by atoms with van der Waals surface area (Å²) in [5, 5.41) is 6.71. The van der Waals surface area contributed by atoms with Gasteiger partial charge in [0.25, 0.3) is 5.56 Å². The van der Waals surface area contributed by atoms with Crippen LogP contribution in [0.3, 0.4) is 0 Å². The summed E-state index contributed by atoms with van der Waals surface area (Å²) < 4.78 is 7.38. The molecule has 3 rings (SSSR count). The van der Waals surface area contributed by atoms with Crippen molar-refractivity contribution in [2.75, 3.05) is 26.7 Å². The summed E-state index contributed by atoms with van der Waals surface area (Å²) in [5.41, 5.74) is 3.71. The lowest BCUT2D eigenvalue weighted by Crippen LogP contribution is -2.38. The van der Waals surface area contributed by atoms with Crippen LogP contribution in [0.1, 0.15) is 29.7 Å². The van der Waals surface area contributed by atoms with Crippen molar-refractivity contribution in [2.24, 2.45) is 4.99 Å². The molecular formula is C22H31IN4O2. The zero-order chi connectivity index (χ0) is 19.8. The van der Waals surface area contributed by atoms with E-state index in [0.717, 1.165) is 69.3 Å². The third kappa shape index (κ3) is 6.76. The van der Waals surface area contributed by atoms with E-state index in [1.807, 2.05) is 23.6 Å². The molecule has 0 saturated heterocycles. The van der Waals surface area contributed by atoms with E-state index in [0.29, 0.717) is 0 Å². The summed E-state index contributed by atoms with van der Waals surface area (Å²) in [6, 6.07) is 11.8. The van der Waals surface area contributed by atoms with E-state index in [4.69, 9.17) is 4.74 Å². The summed E-state index contributed by atoms with van der Waals surface area (Å²) >= 11 is 0. The molecule has 2 heterocycles. The molecule has 0 amide bonds. The highest BCUT2D eigenvalue weighted by Gasteiger charge is 2.11. The maximum Gasteiger partial charge on any atom is 0.250 e. The summed E-state index contributed by atoms with van der Waals surface area (Å²) in [6.07, 6.45) is 3.89. The second-order valence-electron chi connectivity index (χ2n) is 7.08. The first kappa shape index (κ1) is 23.3. The first-order valence-corrected chi connectivity index (χ1v) is 10.0. The van der Waals surface area contributed by atoms with Crippen molar-refractivity contribution in [3.63, 3.8) is 0 Å². The Morgan fingerprint density at radius 3 is 2.79 bits per heavy atom. The van der Waals surface area contributed by atoms with Crippen LogP contribution in [0.15, 0.2) is 46.2 Å². The number of guanidine groups is 1. The van der Waals surface area contributed by atoms with Gasteiger partial charge in [0, 0.05) is 44.9 Å². The predicted octanol–water partition coefficient (Wildman–Crippen LogP) is 2.90. The number of ether oxygens (including phenoxy) is 1. The van der Waals surface area contributed by atoms with Crippen LogP contribution in [-0.2, 0) is 19.4 Å². The average Bonchev–Trinajstić information content (AvgIpc) is 3.16. The number of nitrogens with one attached hydrogen (secondary N) is 2. The lowest BCUT2D eigenvalue weighted by Gasteiger charge is -2.13. The van der Waals surface area contributed by atoms with Crippen LogP contribution in [0, 0.1) is 6.92 Å². The summed E-state index contributed by atoms with van der Waals surface area (Å²) in [7, 11) is 1.79. The summed E-state index contributed by atoms with van der Waals surface area (Å²) in [5.74, 6) is 1.85. The largest absolute Gasteiger partial charge is 0.493 e. The third-order valence-electron chi connectivity index (χ3n) is 5.05. The van der Waals surface area contributed by atoms with Crippen LogP contribution in [0.4, 0.5) is 0 Å². The van der Waals surface area contributed by atoms with E-state index in [1.54, 1.807) is 13.1 Å². The first-order valence-electron chi connectivity index (χ1n) is 10.0. The van der Waals surface area contributed by atoms with Crippen LogP contribution in [0.5, 0.6) is 5.75 Å². The van der Waals surface area contributed by atoms with Gasteiger partial charge in [-0.05, 0) is 49.4 Å².